The first-order valence-corrected chi connectivity index (χ1v) is 5.82. The first kappa shape index (κ1) is 13.6. The van der Waals surface area contributed by atoms with Gasteiger partial charge in [0.1, 0.15) is 18.4 Å². The highest BCUT2D eigenvalue weighted by Gasteiger charge is 2.39. The molecule has 0 amide bonds. The molecule has 1 fully saturated rings. The van der Waals surface area contributed by atoms with Gasteiger partial charge in [0.2, 0.25) is 0 Å². The lowest BCUT2D eigenvalue weighted by atomic mass is 10.2. The van der Waals surface area contributed by atoms with Gasteiger partial charge in [0.05, 0.1) is 11.1 Å². The largest absolute Gasteiger partial charge is 0.490 e. The summed E-state index contributed by atoms with van der Waals surface area (Å²) in [5.74, 6) is 0.634. The second kappa shape index (κ2) is 5.21. The van der Waals surface area contributed by atoms with Crippen LogP contribution in [0.5, 0.6) is 5.75 Å². The third-order valence-corrected chi connectivity index (χ3v) is 3.14. The van der Waals surface area contributed by atoms with Crippen molar-refractivity contribution in [1.29, 1.82) is 5.26 Å². The zero-order chi connectivity index (χ0) is 10.9. The summed E-state index contributed by atoms with van der Waals surface area (Å²) >= 11 is 2.17. The van der Waals surface area contributed by atoms with Gasteiger partial charge in [-0.3, -0.25) is 0 Å². The Morgan fingerprint density at radius 1 is 1.50 bits per heavy atom. The average molecular weight is 351 g/mol. The number of benzene rings is 1. The summed E-state index contributed by atoms with van der Waals surface area (Å²) in [7, 11) is 0. The van der Waals surface area contributed by atoms with E-state index < -0.39 is 0 Å². The van der Waals surface area contributed by atoms with E-state index in [1.165, 1.54) is 0 Å². The Hall–Kier alpha value is -0.510. The van der Waals surface area contributed by atoms with E-state index in [-0.39, 0.29) is 17.9 Å². The van der Waals surface area contributed by atoms with E-state index in [2.05, 4.69) is 28.7 Å². The molecule has 0 atom stereocenters. The van der Waals surface area contributed by atoms with Crippen molar-refractivity contribution in [2.24, 2.45) is 5.73 Å². The van der Waals surface area contributed by atoms with Gasteiger partial charge in [-0.05, 0) is 53.6 Å². The second-order valence-electron chi connectivity index (χ2n) is 3.90. The number of nitrogens with zero attached hydrogens (tertiary/aromatic N) is 1. The summed E-state index contributed by atoms with van der Waals surface area (Å²) in [4.78, 5) is 0. The van der Waals surface area contributed by atoms with E-state index in [9.17, 15) is 0 Å². The summed E-state index contributed by atoms with van der Waals surface area (Å²) < 4.78 is 6.59. The molecule has 5 heteroatoms. The first-order valence-electron chi connectivity index (χ1n) is 4.74. The third kappa shape index (κ3) is 3.24. The molecule has 0 bridgehead atoms. The smallest absolute Gasteiger partial charge is 0.137 e. The van der Waals surface area contributed by atoms with Gasteiger partial charge in [-0.1, -0.05) is 0 Å². The molecule has 2 N–H and O–H groups in total. The molecule has 16 heavy (non-hydrogen) atoms. The van der Waals surface area contributed by atoms with Crippen molar-refractivity contribution in [3.63, 3.8) is 0 Å². The molecule has 0 aliphatic heterocycles. The Bertz CT molecular complexity index is 426. The number of nitriles is 1. The van der Waals surface area contributed by atoms with E-state index in [1.807, 2.05) is 18.2 Å². The number of rotatable bonds is 3. The Morgan fingerprint density at radius 3 is 2.75 bits per heavy atom. The van der Waals surface area contributed by atoms with E-state index >= 15 is 0 Å². The molecule has 1 aromatic carbocycles. The third-order valence-electron chi connectivity index (χ3n) is 2.47. The number of halogens is 2. The molecule has 0 unspecified atom stereocenters. The molecule has 0 spiro atoms. The van der Waals surface area contributed by atoms with Crippen molar-refractivity contribution in [2.45, 2.75) is 18.4 Å². The maximum atomic E-state index is 8.92. The van der Waals surface area contributed by atoms with Crippen LogP contribution in [0.25, 0.3) is 0 Å². The van der Waals surface area contributed by atoms with E-state index in [0.29, 0.717) is 17.9 Å². The molecular formula is C11H12ClIN2O. The normalized spacial score (nSPS) is 15.8. The predicted octanol–water partition coefficient (Wildman–Crippen LogP) is 2.45. The van der Waals surface area contributed by atoms with Gasteiger partial charge in [0.15, 0.2) is 0 Å². The molecule has 0 saturated heterocycles. The second-order valence-corrected chi connectivity index (χ2v) is 5.15. The lowest BCUT2D eigenvalue weighted by Gasteiger charge is -2.12. The molecule has 1 saturated carbocycles. The summed E-state index contributed by atoms with van der Waals surface area (Å²) in [5.41, 5.74) is 6.34. The molecule has 0 radical (unpaired) electrons. The predicted molar refractivity (Wildman–Crippen MR) is 72.8 cm³/mol. The molecule has 3 nitrogen and oxygen atoms in total. The lowest BCUT2D eigenvalue weighted by molar-refractivity contribution is 0.278. The lowest BCUT2D eigenvalue weighted by Crippen LogP contribution is -2.29. The molecular weight excluding hydrogens is 338 g/mol. The Labute approximate surface area is 115 Å². The highest BCUT2D eigenvalue weighted by molar-refractivity contribution is 14.1. The van der Waals surface area contributed by atoms with Crippen molar-refractivity contribution >= 4 is 35.0 Å². The standard InChI is InChI=1S/C11H11IN2O.ClH/c12-9-1-2-10(8(5-9)6-13)15-7-11(14)3-4-11;/h1-2,5H,3-4,7,14H2;1H. The fourth-order valence-electron chi connectivity index (χ4n) is 1.24. The summed E-state index contributed by atoms with van der Waals surface area (Å²) in [6.45, 7) is 0.502. The topological polar surface area (TPSA) is 59.0 Å². The van der Waals surface area contributed by atoms with Crippen LogP contribution in [0.15, 0.2) is 18.2 Å². The van der Waals surface area contributed by atoms with Crippen molar-refractivity contribution in [3.8, 4) is 11.8 Å². The van der Waals surface area contributed by atoms with Gasteiger partial charge in [0.25, 0.3) is 0 Å². The molecule has 0 aromatic heterocycles. The Kier molecular flexibility index (Phi) is 4.42. The van der Waals surface area contributed by atoms with Gasteiger partial charge in [0, 0.05) is 3.57 Å². The van der Waals surface area contributed by atoms with Gasteiger partial charge >= 0.3 is 0 Å². The quantitative estimate of drug-likeness (QED) is 0.852. The van der Waals surface area contributed by atoms with Crippen molar-refractivity contribution in [2.75, 3.05) is 6.61 Å². The van der Waals surface area contributed by atoms with E-state index in [1.54, 1.807) is 0 Å². The van der Waals surface area contributed by atoms with Crippen LogP contribution in [-0.2, 0) is 0 Å². The fraction of sp³-hybridized carbons (Fsp3) is 0.364. The zero-order valence-corrected chi connectivity index (χ0v) is 11.5. The average Bonchev–Trinajstić information content (AvgIpc) is 2.95. The van der Waals surface area contributed by atoms with Gasteiger partial charge in [-0.2, -0.15) is 5.26 Å². The Morgan fingerprint density at radius 2 is 2.19 bits per heavy atom. The van der Waals surface area contributed by atoms with Crippen molar-refractivity contribution in [3.05, 3.63) is 27.3 Å². The molecule has 0 heterocycles. The van der Waals surface area contributed by atoms with Crippen molar-refractivity contribution < 1.29 is 4.74 Å². The molecule has 86 valence electrons. The minimum Gasteiger partial charge on any atom is -0.490 e. The van der Waals surface area contributed by atoms with Crippen LogP contribution in [-0.4, -0.2) is 12.1 Å². The maximum Gasteiger partial charge on any atom is 0.137 e. The highest BCUT2D eigenvalue weighted by Crippen LogP contribution is 2.33. The number of ether oxygens (including phenoxy) is 1. The first-order chi connectivity index (χ1) is 7.13. The van der Waals surface area contributed by atoms with E-state index in [0.717, 1.165) is 16.4 Å². The van der Waals surface area contributed by atoms with Crippen LogP contribution in [0, 0.1) is 14.9 Å². The van der Waals surface area contributed by atoms with Crippen LogP contribution in [0.3, 0.4) is 0 Å². The minimum atomic E-state index is -0.143. The van der Waals surface area contributed by atoms with Gasteiger partial charge in [-0.15, -0.1) is 12.4 Å². The van der Waals surface area contributed by atoms with Gasteiger partial charge < -0.3 is 10.5 Å². The summed E-state index contributed by atoms with van der Waals surface area (Å²) in [6.07, 6.45) is 2.03. The number of hydrogen-bond donors (Lipinski definition) is 1. The molecule has 1 aliphatic rings. The SMILES string of the molecule is Cl.N#Cc1cc(I)ccc1OCC1(N)CC1. The number of hydrogen-bond acceptors (Lipinski definition) is 3. The van der Waals surface area contributed by atoms with Crippen LogP contribution >= 0.6 is 35.0 Å². The van der Waals surface area contributed by atoms with Crippen LogP contribution < -0.4 is 10.5 Å². The van der Waals surface area contributed by atoms with Crippen molar-refractivity contribution in [1.82, 2.24) is 0 Å². The van der Waals surface area contributed by atoms with Crippen LogP contribution in [0.4, 0.5) is 0 Å². The Balaban J connectivity index is 0.00000128. The summed E-state index contributed by atoms with van der Waals surface area (Å²) in [5, 5.41) is 8.92. The molecule has 1 aliphatic carbocycles. The fourth-order valence-corrected chi connectivity index (χ4v) is 1.73. The molecule has 2 rings (SSSR count). The zero-order valence-electron chi connectivity index (χ0n) is 8.57. The molecule has 1 aromatic rings. The summed E-state index contributed by atoms with van der Waals surface area (Å²) in [6, 6.07) is 7.68. The van der Waals surface area contributed by atoms with E-state index in [4.69, 9.17) is 15.7 Å². The monoisotopic (exact) mass is 350 g/mol. The van der Waals surface area contributed by atoms with Gasteiger partial charge in [-0.25, -0.2) is 0 Å². The maximum absolute atomic E-state index is 8.92. The van der Waals surface area contributed by atoms with Crippen LogP contribution in [0.1, 0.15) is 18.4 Å². The number of nitrogens with two attached hydrogens (primary N) is 1. The minimum absolute atomic E-state index is 0. The van der Waals surface area contributed by atoms with Crippen LogP contribution in [0.2, 0.25) is 0 Å². The highest BCUT2D eigenvalue weighted by atomic mass is 127.